The van der Waals surface area contributed by atoms with E-state index < -0.39 is 24.1 Å². The van der Waals surface area contributed by atoms with Crippen LogP contribution in [0.15, 0.2) is 0 Å². The molecule has 0 aromatic rings. The van der Waals surface area contributed by atoms with Gasteiger partial charge in [-0.3, -0.25) is 0 Å². The van der Waals surface area contributed by atoms with Crippen LogP contribution in [0.2, 0.25) is 0 Å². The third-order valence-corrected chi connectivity index (χ3v) is 0.682. The van der Waals surface area contributed by atoms with Crippen LogP contribution in [0.3, 0.4) is 0 Å². The predicted octanol–water partition coefficient (Wildman–Crippen LogP) is -4.15. The summed E-state index contributed by atoms with van der Waals surface area (Å²) in [5, 5.41) is 34.6. The summed E-state index contributed by atoms with van der Waals surface area (Å²) in [5.74, 6) is -2.87. The molecule has 0 bridgehead atoms. The largest absolute Gasteiger partial charge is 2.00 e. The summed E-state index contributed by atoms with van der Waals surface area (Å²) in [4.78, 5) is 18.7. The summed E-state index contributed by atoms with van der Waals surface area (Å²) in [5.41, 5.74) is 0. The van der Waals surface area contributed by atoms with Gasteiger partial charge in [-0.05, 0) is 13.8 Å². The first-order valence-corrected chi connectivity index (χ1v) is 3.06. The van der Waals surface area contributed by atoms with Gasteiger partial charge in [0.25, 0.3) is 0 Å². The van der Waals surface area contributed by atoms with Crippen LogP contribution < -0.4 is 10.2 Å². The maximum Gasteiger partial charge on any atom is 2.00 e. The molecule has 0 fully saturated rings. The number of aliphatic carboxylic acids is 2. The van der Waals surface area contributed by atoms with Crippen molar-refractivity contribution in [2.45, 2.75) is 26.1 Å². The molecule has 13 heavy (non-hydrogen) atoms. The summed E-state index contributed by atoms with van der Waals surface area (Å²) in [6.45, 7) is 2.27. The fourth-order valence-corrected chi connectivity index (χ4v) is 0. The van der Waals surface area contributed by atoms with Crippen LogP contribution in [-0.2, 0) is 9.59 Å². The van der Waals surface area contributed by atoms with Crippen LogP contribution in [0.1, 0.15) is 13.8 Å². The quantitative estimate of drug-likeness (QED) is 0.499. The van der Waals surface area contributed by atoms with E-state index in [1.54, 1.807) is 0 Å². The van der Waals surface area contributed by atoms with Gasteiger partial charge in [0.2, 0.25) is 0 Å². The van der Waals surface area contributed by atoms with E-state index in [9.17, 15) is 19.8 Å². The normalized spacial score (nSPS) is 12.6. The average molecular weight is 315 g/mol. The van der Waals surface area contributed by atoms with Crippen molar-refractivity contribution < 1.29 is 30.0 Å². The fraction of sp³-hybridized carbons (Fsp3) is 0.667. The minimum atomic E-state index is -1.44. The van der Waals surface area contributed by atoms with Crippen molar-refractivity contribution in [3.8, 4) is 0 Å². The van der Waals surface area contributed by atoms with E-state index in [2.05, 4.69) is 0 Å². The first-order valence-electron chi connectivity index (χ1n) is 3.06. The number of hydrogen-bond donors (Lipinski definition) is 2. The molecular formula is C6H10BaO6. The average Bonchev–Trinajstić information content (AvgIpc) is 1.88. The van der Waals surface area contributed by atoms with Crippen molar-refractivity contribution in [1.29, 1.82) is 0 Å². The first-order chi connectivity index (χ1) is 5.29. The Kier molecular flexibility index (Phi) is 15.4. The summed E-state index contributed by atoms with van der Waals surface area (Å²) in [7, 11) is 0. The summed E-state index contributed by atoms with van der Waals surface area (Å²) in [6, 6.07) is 0. The van der Waals surface area contributed by atoms with E-state index in [4.69, 9.17) is 10.2 Å². The van der Waals surface area contributed by atoms with Crippen LogP contribution in [0, 0.1) is 0 Å². The van der Waals surface area contributed by atoms with Gasteiger partial charge < -0.3 is 30.0 Å². The van der Waals surface area contributed by atoms with E-state index >= 15 is 0 Å². The smallest absolute Gasteiger partial charge is 0.547 e. The second-order valence-corrected chi connectivity index (χ2v) is 1.99. The van der Waals surface area contributed by atoms with Crippen LogP contribution in [0.4, 0.5) is 0 Å². The molecule has 0 aliphatic rings. The molecule has 0 saturated carbocycles. The zero-order valence-electron chi connectivity index (χ0n) is 7.39. The van der Waals surface area contributed by atoms with E-state index in [0.717, 1.165) is 13.8 Å². The Bertz CT molecular complexity index is 137. The third-order valence-electron chi connectivity index (χ3n) is 0.682. The number of carboxylic acids is 2. The van der Waals surface area contributed by atoms with Gasteiger partial charge in [0.15, 0.2) is 0 Å². The second-order valence-electron chi connectivity index (χ2n) is 1.99. The van der Waals surface area contributed by atoms with Crippen molar-refractivity contribution in [3.05, 3.63) is 0 Å². The van der Waals surface area contributed by atoms with E-state index in [1.165, 1.54) is 0 Å². The van der Waals surface area contributed by atoms with Crippen molar-refractivity contribution in [2.24, 2.45) is 0 Å². The van der Waals surface area contributed by atoms with E-state index in [1.807, 2.05) is 0 Å². The Morgan fingerprint density at radius 3 is 1.08 bits per heavy atom. The van der Waals surface area contributed by atoms with Crippen molar-refractivity contribution in [3.63, 3.8) is 0 Å². The van der Waals surface area contributed by atoms with E-state index in [-0.39, 0.29) is 48.9 Å². The minimum absolute atomic E-state index is 0. The molecule has 0 amide bonds. The predicted molar refractivity (Wildman–Crippen MR) is 39.1 cm³/mol. The molecule has 0 heterocycles. The molecule has 2 atom stereocenters. The summed E-state index contributed by atoms with van der Waals surface area (Å²) < 4.78 is 0. The third kappa shape index (κ3) is 19.0. The number of aliphatic hydroxyl groups excluding tert-OH is 2. The number of carboxylic acid groups (broad SMARTS) is 2. The van der Waals surface area contributed by atoms with Gasteiger partial charge in [-0.2, -0.15) is 0 Å². The van der Waals surface area contributed by atoms with Crippen molar-refractivity contribution in [2.75, 3.05) is 0 Å². The standard InChI is InChI=1S/2C3H6O3.Ba/c2*1-2(4)3(5)6;/h2*2,4H,1H3,(H,5,6);/q;;+2/p-2/t2*2-;/m11./s1. The van der Waals surface area contributed by atoms with Gasteiger partial charge in [-0.15, -0.1) is 0 Å². The molecule has 0 aromatic carbocycles. The zero-order chi connectivity index (χ0) is 10.3. The molecule has 0 rings (SSSR count). The molecular weight excluding hydrogens is 305 g/mol. The molecule has 0 aliphatic heterocycles. The molecule has 0 radical (unpaired) electrons. The second kappa shape index (κ2) is 10.5. The molecule has 2 N–H and O–H groups in total. The van der Waals surface area contributed by atoms with Gasteiger partial charge in [0.1, 0.15) is 0 Å². The number of rotatable bonds is 2. The number of carbonyl (C=O) groups excluding carboxylic acids is 2. The van der Waals surface area contributed by atoms with Gasteiger partial charge in [-0.25, -0.2) is 0 Å². The Labute approximate surface area is 116 Å². The van der Waals surface area contributed by atoms with Crippen molar-refractivity contribution >= 4 is 60.8 Å². The maximum absolute atomic E-state index is 9.34. The van der Waals surface area contributed by atoms with Crippen LogP contribution in [0.5, 0.6) is 0 Å². The molecule has 0 spiro atoms. The topological polar surface area (TPSA) is 121 Å². The molecule has 0 aromatic heterocycles. The molecule has 72 valence electrons. The SMILES string of the molecule is C[C@@H](O)C(=O)[O-].C[C@@H](O)C(=O)[O-].[Ba+2]. The van der Waals surface area contributed by atoms with Gasteiger partial charge >= 0.3 is 48.9 Å². The van der Waals surface area contributed by atoms with Crippen LogP contribution in [0.25, 0.3) is 0 Å². The summed E-state index contributed by atoms with van der Waals surface area (Å²) >= 11 is 0. The molecule has 0 aliphatic carbocycles. The Morgan fingerprint density at radius 2 is 1.08 bits per heavy atom. The first kappa shape index (κ1) is 19.1. The summed E-state index contributed by atoms with van der Waals surface area (Å²) in [6.07, 6.45) is -2.69. The van der Waals surface area contributed by atoms with Crippen LogP contribution in [-0.4, -0.2) is 83.2 Å². The fourth-order valence-electron chi connectivity index (χ4n) is 0. The van der Waals surface area contributed by atoms with Gasteiger partial charge in [-0.1, -0.05) is 0 Å². The Morgan fingerprint density at radius 1 is 1.00 bits per heavy atom. The number of hydrogen-bond acceptors (Lipinski definition) is 6. The number of aliphatic hydroxyl groups is 2. The van der Waals surface area contributed by atoms with Gasteiger partial charge in [0.05, 0.1) is 24.1 Å². The Hall–Kier alpha value is 0.431. The van der Waals surface area contributed by atoms with E-state index in [0.29, 0.717) is 0 Å². The molecule has 0 saturated heterocycles. The minimum Gasteiger partial charge on any atom is -0.547 e. The van der Waals surface area contributed by atoms with Crippen LogP contribution >= 0.6 is 0 Å². The Balaban J connectivity index is -0.000000143. The van der Waals surface area contributed by atoms with Gasteiger partial charge in [0, 0.05) is 0 Å². The molecule has 7 heteroatoms. The zero-order valence-corrected chi connectivity index (χ0v) is 11.8. The molecule has 6 nitrogen and oxygen atoms in total. The molecule has 0 unspecified atom stereocenters. The monoisotopic (exact) mass is 316 g/mol. The number of carbonyl (C=O) groups is 2. The maximum atomic E-state index is 9.34. The van der Waals surface area contributed by atoms with Crippen molar-refractivity contribution in [1.82, 2.24) is 0 Å².